The lowest BCUT2D eigenvalue weighted by molar-refractivity contribution is -0.928. The fourth-order valence-electron chi connectivity index (χ4n) is 3.76. The second-order valence-electron chi connectivity index (χ2n) is 7.79. The molecule has 148 valence electrons. The Morgan fingerprint density at radius 2 is 1.16 bits per heavy atom. The number of alkyl halides is 1. The van der Waals surface area contributed by atoms with Crippen LogP contribution in [-0.4, -0.2) is 28.2 Å². The van der Waals surface area contributed by atoms with Crippen molar-refractivity contribution in [3.05, 3.63) is 0 Å². The zero-order valence-electron chi connectivity index (χ0n) is 17.5. The molecule has 0 aliphatic rings. The van der Waals surface area contributed by atoms with E-state index in [4.69, 9.17) is 6.42 Å². The van der Waals surface area contributed by atoms with Crippen molar-refractivity contribution in [1.82, 2.24) is 0 Å². The molecule has 0 aromatic carbocycles. The first-order chi connectivity index (χ1) is 12.2. The smallest absolute Gasteiger partial charge is 0.141 e. The lowest BCUT2D eigenvalue weighted by Gasteiger charge is -2.42. The van der Waals surface area contributed by atoms with Crippen LogP contribution in [0.4, 0.5) is 0 Å². The van der Waals surface area contributed by atoms with Crippen LogP contribution in [0.5, 0.6) is 0 Å². The average molecular weight is 463 g/mol. The summed E-state index contributed by atoms with van der Waals surface area (Å²) in [5.74, 6) is 3.04. The quantitative estimate of drug-likeness (QED) is 0.0489. The third-order valence-electron chi connectivity index (χ3n) is 5.44. The zero-order valence-corrected chi connectivity index (χ0v) is 19.7. The van der Waals surface area contributed by atoms with Gasteiger partial charge in [-0.25, -0.2) is 0 Å². The molecule has 0 fully saturated rings. The maximum absolute atomic E-state index is 5.82. The summed E-state index contributed by atoms with van der Waals surface area (Å²) in [6.07, 6.45) is 24.9. The second-order valence-corrected chi connectivity index (χ2v) is 9.22. The van der Waals surface area contributed by atoms with Crippen LogP contribution in [0.1, 0.15) is 111 Å². The fourth-order valence-corrected chi connectivity index (χ4v) is 5.13. The zero-order chi connectivity index (χ0) is 18.8. The number of terminal acetylenes is 1. The topological polar surface area (TPSA) is 0 Å². The number of halogens is 1. The number of hydrogen-bond acceptors (Lipinski definition) is 0. The average Bonchev–Trinajstić information content (AvgIpc) is 2.61. The molecular formula is C23H45IN+. The Morgan fingerprint density at radius 1 is 0.720 bits per heavy atom. The summed E-state index contributed by atoms with van der Waals surface area (Å²) in [7, 11) is 0. The predicted octanol–water partition coefficient (Wildman–Crippen LogP) is 7.72. The minimum absolute atomic E-state index is 0.685. The van der Waals surface area contributed by atoms with E-state index in [0.717, 1.165) is 6.54 Å². The number of hydrogen-bond donors (Lipinski definition) is 0. The molecule has 0 aliphatic heterocycles. The van der Waals surface area contributed by atoms with Gasteiger partial charge in [-0.2, -0.15) is 0 Å². The maximum Gasteiger partial charge on any atom is 0.141 e. The molecule has 0 spiro atoms. The summed E-state index contributed by atoms with van der Waals surface area (Å²) in [4.78, 5) is 0. The lowest BCUT2D eigenvalue weighted by atomic mass is 10.1. The van der Waals surface area contributed by atoms with Gasteiger partial charge < -0.3 is 4.48 Å². The van der Waals surface area contributed by atoms with Crippen LogP contribution >= 0.6 is 22.6 Å². The van der Waals surface area contributed by atoms with Crippen LogP contribution in [0.3, 0.4) is 0 Å². The molecule has 25 heavy (non-hydrogen) atoms. The Hall–Kier alpha value is 0.250. The molecule has 0 heterocycles. The predicted molar refractivity (Wildman–Crippen MR) is 123 cm³/mol. The van der Waals surface area contributed by atoms with Crippen molar-refractivity contribution in [3.8, 4) is 12.3 Å². The van der Waals surface area contributed by atoms with E-state index < -0.39 is 0 Å². The van der Waals surface area contributed by atoms with E-state index in [1.807, 2.05) is 0 Å². The van der Waals surface area contributed by atoms with Crippen LogP contribution in [-0.2, 0) is 0 Å². The van der Waals surface area contributed by atoms with Gasteiger partial charge in [0.15, 0.2) is 0 Å². The highest BCUT2D eigenvalue weighted by atomic mass is 127. The first kappa shape index (κ1) is 25.2. The van der Waals surface area contributed by atoms with E-state index >= 15 is 0 Å². The largest absolute Gasteiger partial charge is 0.303 e. The molecule has 0 amide bonds. The fraction of sp³-hybridized carbons (Fsp3) is 0.913. The van der Waals surface area contributed by atoms with Gasteiger partial charge in [0.2, 0.25) is 0 Å². The van der Waals surface area contributed by atoms with Gasteiger partial charge in [-0.05, 0) is 60.6 Å². The summed E-state index contributed by atoms with van der Waals surface area (Å²) >= 11 is 2.71. The molecule has 0 aromatic heterocycles. The molecule has 1 atom stereocenters. The van der Waals surface area contributed by atoms with Gasteiger partial charge in [0.25, 0.3) is 0 Å². The first-order valence-electron chi connectivity index (χ1n) is 11.1. The molecule has 0 aromatic rings. The Kier molecular flexibility index (Phi) is 17.8. The molecule has 0 saturated carbocycles. The number of rotatable bonds is 18. The summed E-state index contributed by atoms with van der Waals surface area (Å²) < 4.78 is 1.86. The molecule has 0 N–H and O–H groups in total. The lowest BCUT2D eigenvalue weighted by Crippen LogP contribution is -2.54. The Bertz CT molecular complexity index is 305. The molecule has 1 unspecified atom stereocenters. The molecule has 0 radical (unpaired) electrons. The van der Waals surface area contributed by atoms with Gasteiger partial charge in [0.05, 0.1) is 13.1 Å². The molecule has 1 nitrogen and oxygen atoms in total. The van der Waals surface area contributed by atoms with Gasteiger partial charge >= 0.3 is 0 Å². The Labute approximate surface area is 173 Å². The molecular weight excluding hydrogens is 417 g/mol. The van der Waals surface area contributed by atoms with E-state index in [1.165, 1.54) is 107 Å². The normalized spacial score (nSPS) is 12.9. The minimum atomic E-state index is 0.685. The van der Waals surface area contributed by atoms with Crippen molar-refractivity contribution in [2.24, 2.45) is 0 Å². The van der Waals surface area contributed by atoms with Crippen LogP contribution in [0.2, 0.25) is 0 Å². The van der Waals surface area contributed by atoms with Crippen LogP contribution in [0, 0.1) is 12.3 Å². The van der Waals surface area contributed by atoms with Crippen molar-refractivity contribution in [3.63, 3.8) is 0 Å². The highest BCUT2D eigenvalue weighted by molar-refractivity contribution is 14.1. The molecule has 0 aliphatic carbocycles. The van der Waals surface area contributed by atoms with Gasteiger partial charge in [-0.15, -0.1) is 6.42 Å². The number of nitrogens with zero attached hydrogens (tertiary/aromatic N) is 1. The summed E-state index contributed by atoms with van der Waals surface area (Å²) in [6.45, 7) is 10.4. The number of unbranched alkanes of at least 4 members (excludes halogenated alkanes) is 10. The highest BCUT2D eigenvalue weighted by Gasteiger charge is 2.32. The van der Waals surface area contributed by atoms with Gasteiger partial charge in [-0.3, -0.25) is 0 Å². The van der Waals surface area contributed by atoms with E-state index in [-0.39, 0.29) is 0 Å². The van der Waals surface area contributed by atoms with Crippen LogP contribution in [0.25, 0.3) is 0 Å². The van der Waals surface area contributed by atoms with Gasteiger partial charge in [0.1, 0.15) is 10.6 Å². The number of quaternary nitrogens is 1. The van der Waals surface area contributed by atoms with Crippen LogP contribution < -0.4 is 0 Å². The van der Waals surface area contributed by atoms with E-state index in [9.17, 15) is 0 Å². The molecule has 0 saturated heterocycles. The minimum Gasteiger partial charge on any atom is -0.303 e. The van der Waals surface area contributed by atoms with E-state index in [2.05, 4.69) is 49.3 Å². The Balaban J connectivity index is 4.51. The summed E-state index contributed by atoms with van der Waals surface area (Å²) in [5, 5.41) is 0. The van der Waals surface area contributed by atoms with Crippen molar-refractivity contribution in [1.29, 1.82) is 0 Å². The van der Waals surface area contributed by atoms with Crippen molar-refractivity contribution in [2.75, 3.05) is 19.6 Å². The molecule has 0 rings (SSSR count). The Morgan fingerprint density at radius 3 is 1.56 bits per heavy atom. The molecule has 2 heteroatoms. The monoisotopic (exact) mass is 462 g/mol. The third-order valence-corrected chi connectivity index (χ3v) is 7.25. The van der Waals surface area contributed by atoms with Crippen LogP contribution in [0.15, 0.2) is 0 Å². The van der Waals surface area contributed by atoms with Gasteiger partial charge in [-0.1, -0.05) is 72.1 Å². The van der Waals surface area contributed by atoms with E-state index in [0.29, 0.717) is 4.05 Å². The van der Waals surface area contributed by atoms with Crippen molar-refractivity contribution in [2.45, 2.75) is 115 Å². The summed E-state index contributed by atoms with van der Waals surface area (Å²) in [6, 6.07) is 0. The first-order valence-corrected chi connectivity index (χ1v) is 12.3. The standard InChI is InChI=1S/C23H45IN/c1-5-9-11-13-15-17-21-25(20-8-4,23(24)19-7-3)22-18-16-14-12-10-6-2/h4,23H,5-7,9-22H2,1-3H3/q+1. The SMILES string of the molecule is C#CC[N+](CCCCCCCC)(CCCCCCCC)C(I)CCC. The third kappa shape index (κ3) is 12.3. The molecule has 0 bridgehead atoms. The maximum atomic E-state index is 5.82. The summed E-state index contributed by atoms with van der Waals surface area (Å²) in [5.41, 5.74) is 0. The van der Waals surface area contributed by atoms with Gasteiger partial charge in [0, 0.05) is 6.42 Å². The highest BCUT2D eigenvalue weighted by Crippen LogP contribution is 2.27. The van der Waals surface area contributed by atoms with E-state index in [1.54, 1.807) is 0 Å². The second kappa shape index (κ2) is 17.7. The van der Waals surface area contributed by atoms with Crippen molar-refractivity contribution < 1.29 is 4.48 Å². The van der Waals surface area contributed by atoms with Crippen molar-refractivity contribution >= 4 is 22.6 Å².